The minimum Gasteiger partial charge on any atom is -0.260 e. The average Bonchev–Trinajstić information content (AvgIpc) is 2.60. The van der Waals surface area contributed by atoms with E-state index in [1.807, 2.05) is 27.7 Å². The van der Waals surface area contributed by atoms with Crippen LogP contribution in [0.4, 0.5) is 0 Å². The molecule has 0 amide bonds. The van der Waals surface area contributed by atoms with Crippen molar-refractivity contribution in [3.05, 3.63) is 28.6 Å². The first kappa shape index (κ1) is 24.4. The van der Waals surface area contributed by atoms with E-state index in [1.165, 1.54) is 56.2 Å². The monoisotopic (exact) mass is 321 g/mol. The van der Waals surface area contributed by atoms with Crippen molar-refractivity contribution in [2.75, 3.05) is 0 Å². The summed E-state index contributed by atoms with van der Waals surface area (Å²) in [6, 6.07) is 0. The number of hydrogen-bond donors (Lipinski definition) is 0. The molecule has 0 radical (unpaired) electrons. The molecule has 136 valence electrons. The van der Waals surface area contributed by atoms with Gasteiger partial charge in [0, 0.05) is 17.8 Å². The topological polar surface area (TPSA) is 12.9 Å². The third kappa shape index (κ3) is 7.99. The molecule has 0 N–H and O–H groups in total. The van der Waals surface area contributed by atoms with Crippen LogP contribution in [0.2, 0.25) is 0 Å². The van der Waals surface area contributed by atoms with Crippen LogP contribution in [0.25, 0.3) is 0 Å². The lowest BCUT2D eigenvalue weighted by Crippen LogP contribution is -2.10. The molecule has 0 aromatic carbocycles. The summed E-state index contributed by atoms with van der Waals surface area (Å²) in [5, 5.41) is 0. The van der Waals surface area contributed by atoms with Crippen molar-refractivity contribution >= 4 is 0 Å². The Labute approximate surface area is 147 Å². The highest BCUT2D eigenvalue weighted by Crippen LogP contribution is 2.30. The highest BCUT2D eigenvalue weighted by atomic mass is 14.7. The maximum Gasteiger partial charge on any atom is 0.0469 e. The van der Waals surface area contributed by atoms with Gasteiger partial charge in [0.2, 0.25) is 0 Å². The molecular formula is C22H43N. The number of aryl methyl sites for hydroxylation is 1. The maximum absolute atomic E-state index is 4.83. The van der Waals surface area contributed by atoms with E-state index in [0.29, 0.717) is 5.92 Å². The van der Waals surface area contributed by atoms with Gasteiger partial charge >= 0.3 is 0 Å². The second-order valence-electron chi connectivity index (χ2n) is 5.68. The first-order chi connectivity index (χ1) is 11.2. The van der Waals surface area contributed by atoms with Crippen LogP contribution >= 0.6 is 0 Å². The Bertz CT molecular complexity index is 382. The van der Waals surface area contributed by atoms with Crippen LogP contribution in [0.5, 0.6) is 0 Å². The van der Waals surface area contributed by atoms with Gasteiger partial charge in [0.25, 0.3) is 0 Å². The molecule has 0 fully saturated rings. The summed E-state index contributed by atoms with van der Waals surface area (Å²) in [5.74, 6) is 0.655. The molecule has 1 aromatic rings. The van der Waals surface area contributed by atoms with E-state index >= 15 is 0 Å². The van der Waals surface area contributed by atoms with Crippen LogP contribution < -0.4 is 0 Å². The predicted molar refractivity (Wildman–Crippen MR) is 108 cm³/mol. The van der Waals surface area contributed by atoms with E-state index in [0.717, 1.165) is 0 Å². The van der Waals surface area contributed by atoms with Gasteiger partial charge in [0.05, 0.1) is 0 Å². The zero-order chi connectivity index (χ0) is 18.3. The Morgan fingerprint density at radius 3 is 1.78 bits per heavy atom. The van der Waals surface area contributed by atoms with Gasteiger partial charge < -0.3 is 0 Å². The van der Waals surface area contributed by atoms with Gasteiger partial charge in [-0.15, -0.1) is 0 Å². The van der Waals surface area contributed by atoms with Gasteiger partial charge in [-0.3, -0.25) is 4.98 Å². The van der Waals surface area contributed by atoms with Crippen molar-refractivity contribution in [3.63, 3.8) is 0 Å². The molecule has 1 nitrogen and oxygen atoms in total. The predicted octanol–water partition coefficient (Wildman–Crippen LogP) is 7.64. The number of hydrogen-bond acceptors (Lipinski definition) is 1. The largest absolute Gasteiger partial charge is 0.260 e. The molecule has 0 aliphatic heterocycles. The van der Waals surface area contributed by atoms with Crippen molar-refractivity contribution in [2.45, 2.75) is 113 Å². The van der Waals surface area contributed by atoms with Crippen molar-refractivity contribution < 1.29 is 0 Å². The van der Waals surface area contributed by atoms with Crippen LogP contribution in [0, 0.1) is 6.92 Å². The van der Waals surface area contributed by atoms with Crippen LogP contribution in [0.1, 0.15) is 116 Å². The lowest BCUT2D eigenvalue weighted by Gasteiger charge is -2.21. The molecule has 0 spiro atoms. The Morgan fingerprint density at radius 1 is 0.826 bits per heavy atom. The standard InChI is InChI=1S/C18H31N.2C2H6/c1-6-10-15(9-4)18-17(12-8-3)16(11-7-2)14(5)13-19-18;2*1-2/h13,15H,6-12H2,1-5H3;2*1-2H3. The van der Waals surface area contributed by atoms with Crippen molar-refractivity contribution in [3.8, 4) is 0 Å². The van der Waals surface area contributed by atoms with Gasteiger partial charge in [-0.25, -0.2) is 0 Å². The van der Waals surface area contributed by atoms with Crippen LogP contribution in [0.15, 0.2) is 6.20 Å². The summed E-state index contributed by atoms with van der Waals surface area (Å²) < 4.78 is 0. The average molecular weight is 322 g/mol. The molecule has 0 aliphatic carbocycles. The van der Waals surface area contributed by atoms with Crippen molar-refractivity contribution in [2.24, 2.45) is 0 Å². The minimum absolute atomic E-state index is 0.655. The van der Waals surface area contributed by atoms with Gasteiger partial charge in [-0.1, -0.05) is 74.7 Å². The second-order valence-corrected chi connectivity index (χ2v) is 5.68. The highest BCUT2D eigenvalue weighted by molar-refractivity contribution is 5.38. The van der Waals surface area contributed by atoms with E-state index in [2.05, 4.69) is 40.8 Å². The SMILES string of the molecule is CC.CC.CCCc1c(C)cnc(C(CC)CCC)c1CCC. The molecule has 0 saturated carbocycles. The number of rotatable bonds is 8. The molecule has 0 saturated heterocycles. The summed E-state index contributed by atoms with van der Waals surface area (Å²) in [6.45, 7) is 19.4. The Hall–Kier alpha value is -0.850. The lowest BCUT2D eigenvalue weighted by molar-refractivity contribution is 0.571. The molecular weight excluding hydrogens is 278 g/mol. The van der Waals surface area contributed by atoms with Gasteiger partial charge in [-0.2, -0.15) is 0 Å². The molecule has 1 aromatic heterocycles. The third-order valence-corrected chi connectivity index (χ3v) is 4.06. The quantitative estimate of drug-likeness (QED) is 0.479. The zero-order valence-corrected chi connectivity index (χ0v) is 17.6. The van der Waals surface area contributed by atoms with E-state index in [9.17, 15) is 0 Å². The molecule has 1 heterocycles. The summed E-state index contributed by atoms with van der Waals surface area (Å²) in [5.41, 5.74) is 5.95. The maximum atomic E-state index is 4.83. The Morgan fingerprint density at radius 2 is 1.35 bits per heavy atom. The fourth-order valence-electron chi connectivity index (χ4n) is 3.08. The van der Waals surface area contributed by atoms with Gasteiger partial charge in [0.1, 0.15) is 0 Å². The molecule has 1 heteroatoms. The molecule has 1 rings (SSSR count). The fourth-order valence-corrected chi connectivity index (χ4v) is 3.08. The summed E-state index contributed by atoms with van der Waals surface area (Å²) in [7, 11) is 0. The Balaban J connectivity index is 0. The smallest absolute Gasteiger partial charge is 0.0469 e. The van der Waals surface area contributed by atoms with Crippen molar-refractivity contribution in [1.82, 2.24) is 4.98 Å². The van der Waals surface area contributed by atoms with Crippen LogP contribution in [-0.2, 0) is 12.8 Å². The summed E-state index contributed by atoms with van der Waals surface area (Å²) in [4.78, 5) is 4.83. The molecule has 0 aliphatic rings. The van der Waals surface area contributed by atoms with Gasteiger partial charge in [-0.05, 0) is 49.3 Å². The van der Waals surface area contributed by atoms with Crippen molar-refractivity contribution in [1.29, 1.82) is 0 Å². The lowest BCUT2D eigenvalue weighted by atomic mass is 9.87. The molecule has 1 atom stereocenters. The summed E-state index contributed by atoms with van der Waals surface area (Å²) >= 11 is 0. The Kier molecular flexibility index (Phi) is 17.0. The first-order valence-electron chi connectivity index (χ1n) is 10.2. The molecule has 23 heavy (non-hydrogen) atoms. The number of aromatic nitrogens is 1. The number of pyridine rings is 1. The third-order valence-electron chi connectivity index (χ3n) is 4.06. The van der Waals surface area contributed by atoms with E-state index in [-0.39, 0.29) is 0 Å². The normalized spacial score (nSPS) is 11.0. The first-order valence-corrected chi connectivity index (χ1v) is 10.2. The summed E-state index contributed by atoms with van der Waals surface area (Å²) in [6.07, 6.45) is 10.7. The second kappa shape index (κ2) is 16.0. The minimum atomic E-state index is 0.655. The van der Waals surface area contributed by atoms with Gasteiger partial charge in [0.15, 0.2) is 0 Å². The van der Waals surface area contributed by atoms with Crippen LogP contribution in [-0.4, -0.2) is 4.98 Å². The molecule has 0 bridgehead atoms. The van der Waals surface area contributed by atoms with E-state index in [1.54, 1.807) is 11.1 Å². The number of nitrogens with zero attached hydrogens (tertiary/aromatic N) is 1. The van der Waals surface area contributed by atoms with E-state index in [4.69, 9.17) is 4.98 Å². The fraction of sp³-hybridized carbons (Fsp3) is 0.773. The highest BCUT2D eigenvalue weighted by Gasteiger charge is 2.18. The van der Waals surface area contributed by atoms with E-state index < -0.39 is 0 Å². The van der Waals surface area contributed by atoms with Crippen LogP contribution in [0.3, 0.4) is 0 Å². The zero-order valence-electron chi connectivity index (χ0n) is 17.6. The molecule has 1 unspecified atom stereocenters.